The van der Waals surface area contributed by atoms with Crippen molar-refractivity contribution in [3.63, 3.8) is 0 Å². The number of halogens is 1. The minimum atomic E-state index is -0.568. The Hall–Kier alpha value is -2.79. The third kappa shape index (κ3) is 3.73. The van der Waals surface area contributed by atoms with Crippen LogP contribution in [0, 0.1) is 13.8 Å². The number of rotatable bonds is 4. The van der Waals surface area contributed by atoms with Gasteiger partial charge in [-0.2, -0.15) is 0 Å². The van der Waals surface area contributed by atoms with Crippen LogP contribution in [-0.2, 0) is 17.8 Å². The Morgan fingerprint density at radius 2 is 1.88 bits per heavy atom. The Morgan fingerprint density at radius 3 is 2.58 bits per heavy atom. The van der Waals surface area contributed by atoms with E-state index in [1.54, 1.807) is 38.1 Å². The molecule has 3 aromatic rings. The standard InChI is InChI=1S/C20H18ClNO4/c1-11-7-16(23)19-12(2)15(20(25)26-17(19)8-11)9-18(24)22-10-13-3-5-14(21)6-4-13/h3-8,23H,9-10H2,1-2H3,(H,22,24). The number of nitrogens with one attached hydrogen (secondary N) is 1. The van der Waals surface area contributed by atoms with Crippen LogP contribution in [0.4, 0.5) is 0 Å². The van der Waals surface area contributed by atoms with Crippen LogP contribution in [0.25, 0.3) is 11.0 Å². The molecule has 1 amide bonds. The van der Waals surface area contributed by atoms with Crippen molar-refractivity contribution in [2.45, 2.75) is 26.8 Å². The van der Waals surface area contributed by atoms with Crippen LogP contribution in [0.5, 0.6) is 5.75 Å². The van der Waals surface area contributed by atoms with Crippen LogP contribution in [0.1, 0.15) is 22.3 Å². The van der Waals surface area contributed by atoms with Gasteiger partial charge in [-0.3, -0.25) is 4.79 Å². The highest BCUT2D eigenvalue weighted by molar-refractivity contribution is 6.30. The van der Waals surface area contributed by atoms with Gasteiger partial charge in [0.2, 0.25) is 5.91 Å². The molecule has 0 atom stereocenters. The van der Waals surface area contributed by atoms with Crippen molar-refractivity contribution in [1.29, 1.82) is 0 Å². The van der Waals surface area contributed by atoms with E-state index in [9.17, 15) is 14.7 Å². The lowest BCUT2D eigenvalue weighted by Crippen LogP contribution is -2.27. The van der Waals surface area contributed by atoms with Gasteiger partial charge >= 0.3 is 5.63 Å². The van der Waals surface area contributed by atoms with Crippen LogP contribution in [0.3, 0.4) is 0 Å². The summed E-state index contributed by atoms with van der Waals surface area (Å²) in [6, 6.07) is 10.4. The molecule has 0 spiro atoms. The van der Waals surface area contributed by atoms with E-state index in [-0.39, 0.29) is 23.6 Å². The first-order chi connectivity index (χ1) is 12.3. The number of hydrogen-bond donors (Lipinski definition) is 2. The Morgan fingerprint density at radius 1 is 1.19 bits per heavy atom. The Balaban J connectivity index is 1.83. The quantitative estimate of drug-likeness (QED) is 0.686. The number of phenolic OH excluding ortho intramolecular Hbond substituents is 1. The molecule has 5 nitrogen and oxygen atoms in total. The zero-order chi connectivity index (χ0) is 18.8. The van der Waals surface area contributed by atoms with Crippen LogP contribution >= 0.6 is 11.6 Å². The first-order valence-corrected chi connectivity index (χ1v) is 8.50. The molecule has 6 heteroatoms. The zero-order valence-corrected chi connectivity index (χ0v) is 15.2. The maximum atomic E-state index is 12.3. The molecular formula is C20H18ClNO4. The number of fused-ring (bicyclic) bond motifs is 1. The molecule has 1 heterocycles. The Labute approximate surface area is 155 Å². The number of amides is 1. The third-order valence-electron chi connectivity index (χ3n) is 4.24. The minimum absolute atomic E-state index is 0.0315. The third-order valence-corrected chi connectivity index (χ3v) is 4.49. The summed E-state index contributed by atoms with van der Waals surface area (Å²) in [5, 5.41) is 14.0. The van der Waals surface area contributed by atoms with Gasteiger partial charge in [0.05, 0.1) is 17.4 Å². The molecule has 0 radical (unpaired) electrons. The predicted molar refractivity (Wildman–Crippen MR) is 101 cm³/mol. The summed E-state index contributed by atoms with van der Waals surface area (Å²) in [5.41, 5.74) is 2.22. The van der Waals surface area contributed by atoms with Crippen molar-refractivity contribution in [3.05, 3.63) is 74.1 Å². The average Bonchev–Trinajstić information content (AvgIpc) is 2.57. The van der Waals surface area contributed by atoms with Gasteiger partial charge in [-0.15, -0.1) is 0 Å². The zero-order valence-electron chi connectivity index (χ0n) is 14.4. The normalized spacial score (nSPS) is 10.9. The van der Waals surface area contributed by atoms with Gasteiger partial charge in [-0.05, 0) is 54.8 Å². The summed E-state index contributed by atoms with van der Waals surface area (Å²) in [7, 11) is 0. The largest absolute Gasteiger partial charge is 0.507 e. The van der Waals surface area contributed by atoms with Gasteiger partial charge in [0.15, 0.2) is 0 Å². The fourth-order valence-corrected chi connectivity index (χ4v) is 3.01. The van der Waals surface area contributed by atoms with Crippen molar-refractivity contribution >= 4 is 28.5 Å². The van der Waals surface area contributed by atoms with E-state index in [2.05, 4.69) is 5.32 Å². The molecule has 0 unspecified atom stereocenters. The van der Waals surface area contributed by atoms with Gasteiger partial charge in [-0.25, -0.2) is 4.79 Å². The summed E-state index contributed by atoms with van der Waals surface area (Å²) in [6.45, 7) is 3.83. The van der Waals surface area contributed by atoms with Gasteiger partial charge in [-0.1, -0.05) is 23.7 Å². The second-order valence-corrected chi connectivity index (χ2v) is 6.67. The van der Waals surface area contributed by atoms with E-state index < -0.39 is 5.63 Å². The predicted octanol–water partition coefficient (Wildman–Crippen LogP) is 3.63. The highest BCUT2D eigenvalue weighted by atomic mass is 35.5. The van der Waals surface area contributed by atoms with E-state index in [1.807, 2.05) is 12.1 Å². The average molecular weight is 372 g/mol. The highest BCUT2D eigenvalue weighted by Gasteiger charge is 2.17. The van der Waals surface area contributed by atoms with Gasteiger partial charge in [0.25, 0.3) is 0 Å². The van der Waals surface area contributed by atoms with Gasteiger partial charge in [0, 0.05) is 11.6 Å². The van der Waals surface area contributed by atoms with Crippen LogP contribution in [0.2, 0.25) is 5.02 Å². The number of aromatic hydroxyl groups is 1. The smallest absolute Gasteiger partial charge is 0.340 e. The van der Waals surface area contributed by atoms with E-state index in [1.165, 1.54) is 0 Å². The molecule has 2 aromatic carbocycles. The van der Waals surface area contributed by atoms with Crippen molar-refractivity contribution in [1.82, 2.24) is 5.32 Å². The lowest BCUT2D eigenvalue weighted by molar-refractivity contribution is -0.120. The van der Waals surface area contributed by atoms with Crippen LogP contribution < -0.4 is 10.9 Å². The monoisotopic (exact) mass is 371 g/mol. The summed E-state index contributed by atoms with van der Waals surface area (Å²) in [5.74, 6) is -0.273. The molecule has 0 aliphatic rings. The molecule has 0 aliphatic heterocycles. The van der Waals surface area contributed by atoms with Crippen LogP contribution in [0.15, 0.2) is 45.6 Å². The fourth-order valence-electron chi connectivity index (χ4n) is 2.89. The Bertz CT molecular complexity index is 1040. The molecule has 2 N–H and O–H groups in total. The molecule has 0 saturated carbocycles. The molecular weight excluding hydrogens is 354 g/mol. The Kier molecular flexibility index (Phi) is 5.00. The topological polar surface area (TPSA) is 79.5 Å². The molecule has 0 fully saturated rings. The van der Waals surface area contributed by atoms with Crippen molar-refractivity contribution < 1.29 is 14.3 Å². The van der Waals surface area contributed by atoms with E-state index in [4.69, 9.17) is 16.0 Å². The second kappa shape index (κ2) is 7.22. The molecule has 1 aromatic heterocycles. The molecule has 0 aliphatic carbocycles. The molecule has 0 saturated heterocycles. The summed E-state index contributed by atoms with van der Waals surface area (Å²) in [6.07, 6.45) is -0.120. The first kappa shape index (κ1) is 18.0. The SMILES string of the molecule is Cc1cc(O)c2c(C)c(CC(=O)NCc3ccc(Cl)cc3)c(=O)oc2c1. The molecule has 3 rings (SSSR count). The summed E-state index contributed by atoms with van der Waals surface area (Å²) >= 11 is 5.83. The van der Waals surface area contributed by atoms with E-state index in [0.717, 1.165) is 11.1 Å². The summed E-state index contributed by atoms with van der Waals surface area (Å²) in [4.78, 5) is 24.5. The number of phenols is 1. The summed E-state index contributed by atoms with van der Waals surface area (Å²) < 4.78 is 5.30. The number of carbonyl (C=O) groups excluding carboxylic acids is 1. The highest BCUT2D eigenvalue weighted by Crippen LogP contribution is 2.29. The van der Waals surface area contributed by atoms with Crippen molar-refractivity contribution in [2.75, 3.05) is 0 Å². The number of carbonyl (C=O) groups is 1. The number of aryl methyl sites for hydroxylation is 2. The second-order valence-electron chi connectivity index (χ2n) is 6.23. The maximum absolute atomic E-state index is 12.3. The number of hydrogen-bond acceptors (Lipinski definition) is 4. The van der Waals surface area contributed by atoms with Crippen LogP contribution in [-0.4, -0.2) is 11.0 Å². The van der Waals surface area contributed by atoms with Crippen molar-refractivity contribution in [3.8, 4) is 5.75 Å². The lowest BCUT2D eigenvalue weighted by atomic mass is 10.0. The van der Waals surface area contributed by atoms with E-state index in [0.29, 0.717) is 28.1 Å². The minimum Gasteiger partial charge on any atom is -0.507 e. The number of benzene rings is 2. The molecule has 0 bridgehead atoms. The fraction of sp³-hybridized carbons (Fsp3) is 0.200. The molecule has 134 valence electrons. The lowest BCUT2D eigenvalue weighted by Gasteiger charge is -2.10. The van der Waals surface area contributed by atoms with Crippen molar-refractivity contribution in [2.24, 2.45) is 0 Å². The molecule has 26 heavy (non-hydrogen) atoms. The van der Waals surface area contributed by atoms with Gasteiger partial charge < -0.3 is 14.8 Å². The maximum Gasteiger partial charge on any atom is 0.340 e. The van der Waals surface area contributed by atoms with Gasteiger partial charge in [0.1, 0.15) is 11.3 Å². The van der Waals surface area contributed by atoms with E-state index >= 15 is 0 Å². The first-order valence-electron chi connectivity index (χ1n) is 8.12.